The molecular weight excluding hydrogens is 370 g/mol. The molecule has 1 aromatic rings. The predicted octanol–water partition coefficient (Wildman–Crippen LogP) is 2.06. The van der Waals surface area contributed by atoms with E-state index in [0.717, 1.165) is 24.2 Å². The van der Waals surface area contributed by atoms with Crippen molar-refractivity contribution in [3.8, 4) is 0 Å². The molecule has 1 amide bonds. The predicted molar refractivity (Wildman–Crippen MR) is 99.3 cm³/mol. The van der Waals surface area contributed by atoms with Crippen molar-refractivity contribution in [2.45, 2.75) is 43.4 Å². The van der Waals surface area contributed by atoms with Gasteiger partial charge in [-0.15, -0.1) is 23.7 Å². The van der Waals surface area contributed by atoms with E-state index >= 15 is 0 Å². The molecule has 9 heteroatoms. The Labute approximate surface area is 154 Å². The highest BCUT2D eigenvalue weighted by molar-refractivity contribution is 7.91. The van der Waals surface area contributed by atoms with E-state index < -0.39 is 15.6 Å². The normalized spacial score (nSPS) is 17.3. The largest absolute Gasteiger partial charge is 0.345 e. The number of carbonyl (C=O) groups is 1. The molecule has 0 unspecified atom stereocenters. The Morgan fingerprint density at radius 3 is 2.50 bits per heavy atom. The summed E-state index contributed by atoms with van der Waals surface area (Å²) in [6.07, 6.45) is 1.76. The Kier molecular flexibility index (Phi) is 7.25. The Morgan fingerprint density at radius 1 is 1.38 bits per heavy atom. The molecule has 1 aliphatic rings. The number of carbonyl (C=O) groups excluding carboxylic acids is 1. The number of nitrogens with one attached hydrogen (secondary N) is 1. The number of thiophene rings is 1. The standard InChI is InChI=1S/C15H25N3O3S2.ClH/c1-11-6-8-18(9-7-11)23(20,21)13-5-4-12(22-13)14(19)17-15(2,3)10-16;/h4-5,11H,6-10,16H2,1-3H3,(H,17,19);1H. The van der Waals surface area contributed by atoms with Gasteiger partial charge in [0.25, 0.3) is 15.9 Å². The van der Waals surface area contributed by atoms with E-state index in [1.807, 2.05) is 13.8 Å². The molecule has 0 bridgehead atoms. The van der Waals surface area contributed by atoms with Gasteiger partial charge in [0.15, 0.2) is 0 Å². The first-order chi connectivity index (χ1) is 10.7. The molecule has 3 N–H and O–H groups in total. The van der Waals surface area contributed by atoms with Crippen LogP contribution in [0.4, 0.5) is 0 Å². The van der Waals surface area contributed by atoms with Crippen LogP contribution in [-0.4, -0.2) is 43.8 Å². The Hall–Kier alpha value is -0.670. The van der Waals surface area contributed by atoms with Gasteiger partial charge < -0.3 is 11.1 Å². The molecule has 1 saturated heterocycles. The fraction of sp³-hybridized carbons (Fsp3) is 0.667. The molecular formula is C15H26ClN3O3S2. The van der Waals surface area contributed by atoms with Crippen molar-refractivity contribution in [3.05, 3.63) is 17.0 Å². The van der Waals surface area contributed by atoms with Crippen molar-refractivity contribution < 1.29 is 13.2 Å². The zero-order chi connectivity index (χ0) is 17.3. The lowest BCUT2D eigenvalue weighted by Crippen LogP contribution is -2.48. The molecule has 1 aromatic heterocycles. The lowest BCUT2D eigenvalue weighted by molar-refractivity contribution is 0.0920. The summed E-state index contributed by atoms with van der Waals surface area (Å²) in [7, 11) is -3.50. The third kappa shape index (κ3) is 4.92. The van der Waals surface area contributed by atoms with Crippen molar-refractivity contribution in [2.75, 3.05) is 19.6 Å². The summed E-state index contributed by atoms with van der Waals surface area (Å²) >= 11 is 1.01. The molecule has 138 valence electrons. The molecule has 2 heterocycles. The monoisotopic (exact) mass is 395 g/mol. The van der Waals surface area contributed by atoms with E-state index in [2.05, 4.69) is 12.2 Å². The van der Waals surface area contributed by atoms with Gasteiger partial charge >= 0.3 is 0 Å². The summed E-state index contributed by atoms with van der Waals surface area (Å²) < 4.78 is 27.1. The molecule has 0 aliphatic carbocycles. The summed E-state index contributed by atoms with van der Waals surface area (Å²) in [6.45, 7) is 7.18. The van der Waals surface area contributed by atoms with Crippen LogP contribution in [-0.2, 0) is 10.0 Å². The number of nitrogens with two attached hydrogens (primary N) is 1. The van der Waals surface area contributed by atoms with Crippen LogP contribution in [0, 0.1) is 5.92 Å². The van der Waals surface area contributed by atoms with Gasteiger partial charge in [0, 0.05) is 25.2 Å². The highest BCUT2D eigenvalue weighted by Crippen LogP contribution is 2.28. The first-order valence-electron chi connectivity index (χ1n) is 7.78. The minimum atomic E-state index is -3.50. The average molecular weight is 396 g/mol. The van der Waals surface area contributed by atoms with Crippen LogP contribution in [0.1, 0.15) is 43.3 Å². The molecule has 0 radical (unpaired) electrons. The molecule has 24 heavy (non-hydrogen) atoms. The highest BCUT2D eigenvalue weighted by Gasteiger charge is 2.30. The topological polar surface area (TPSA) is 92.5 Å². The summed E-state index contributed by atoms with van der Waals surface area (Å²) in [5, 5.41) is 2.81. The third-order valence-electron chi connectivity index (χ3n) is 4.10. The maximum Gasteiger partial charge on any atom is 0.261 e. The molecule has 0 aromatic carbocycles. The number of hydrogen-bond acceptors (Lipinski definition) is 5. The summed E-state index contributed by atoms with van der Waals surface area (Å²) in [6, 6.07) is 3.08. The smallest absolute Gasteiger partial charge is 0.261 e. The molecule has 0 saturated carbocycles. The van der Waals surface area contributed by atoms with Crippen molar-refractivity contribution in [1.29, 1.82) is 0 Å². The van der Waals surface area contributed by atoms with Crippen LogP contribution in [0.2, 0.25) is 0 Å². The van der Waals surface area contributed by atoms with Gasteiger partial charge in [0.2, 0.25) is 0 Å². The maximum atomic E-state index is 12.7. The number of nitrogens with zero attached hydrogens (tertiary/aromatic N) is 1. The zero-order valence-corrected chi connectivity index (χ0v) is 16.7. The van der Waals surface area contributed by atoms with Gasteiger partial charge in [-0.05, 0) is 44.7 Å². The number of amides is 1. The second kappa shape index (κ2) is 8.14. The van der Waals surface area contributed by atoms with Gasteiger partial charge in [0.1, 0.15) is 4.21 Å². The fourth-order valence-corrected chi connectivity index (χ4v) is 5.18. The van der Waals surface area contributed by atoms with E-state index in [1.165, 1.54) is 10.4 Å². The summed E-state index contributed by atoms with van der Waals surface area (Å²) in [4.78, 5) is 12.6. The minimum Gasteiger partial charge on any atom is -0.345 e. The Bertz CT molecular complexity index is 665. The minimum absolute atomic E-state index is 0. The van der Waals surface area contributed by atoms with Crippen LogP contribution >= 0.6 is 23.7 Å². The first kappa shape index (κ1) is 21.4. The second-order valence-corrected chi connectivity index (χ2v) is 10.00. The quantitative estimate of drug-likeness (QED) is 0.798. The SMILES string of the molecule is CC1CCN(S(=O)(=O)c2ccc(C(=O)NC(C)(C)CN)s2)CC1.Cl. The van der Waals surface area contributed by atoms with Crippen LogP contribution < -0.4 is 11.1 Å². The zero-order valence-electron chi connectivity index (χ0n) is 14.2. The molecule has 6 nitrogen and oxygen atoms in total. The summed E-state index contributed by atoms with van der Waals surface area (Å²) in [5.74, 6) is 0.267. The molecule has 1 fully saturated rings. The fourth-order valence-electron chi connectivity index (χ4n) is 2.35. The van der Waals surface area contributed by atoms with Crippen LogP contribution in [0.25, 0.3) is 0 Å². The van der Waals surface area contributed by atoms with Crippen LogP contribution in [0.5, 0.6) is 0 Å². The molecule has 0 atom stereocenters. The van der Waals surface area contributed by atoms with Gasteiger partial charge in [-0.3, -0.25) is 4.79 Å². The van der Waals surface area contributed by atoms with E-state index in [4.69, 9.17) is 5.73 Å². The highest BCUT2D eigenvalue weighted by atomic mass is 35.5. The number of piperidine rings is 1. The lowest BCUT2D eigenvalue weighted by Gasteiger charge is -2.28. The number of halogens is 1. The summed E-state index contributed by atoms with van der Waals surface area (Å²) in [5.41, 5.74) is 5.08. The maximum absolute atomic E-state index is 12.7. The first-order valence-corrected chi connectivity index (χ1v) is 10.0. The number of rotatable bonds is 5. The van der Waals surface area contributed by atoms with E-state index in [1.54, 1.807) is 6.07 Å². The van der Waals surface area contributed by atoms with Gasteiger partial charge in [-0.2, -0.15) is 4.31 Å². The van der Waals surface area contributed by atoms with Crippen molar-refractivity contribution >= 4 is 39.7 Å². The third-order valence-corrected chi connectivity index (χ3v) is 7.55. The van der Waals surface area contributed by atoms with E-state index in [0.29, 0.717) is 30.4 Å². The number of sulfonamides is 1. The van der Waals surface area contributed by atoms with E-state index in [9.17, 15) is 13.2 Å². The van der Waals surface area contributed by atoms with Gasteiger partial charge in [0.05, 0.1) is 4.88 Å². The molecule has 2 rings (SSSR count). The van der Waals surface area contributed by atoms with Crippen molar-refractivity contribution in [2.24, 2.45) is 11.7 Å². The van der Waals surface area contributed by atoms with Crippen LogP contribution in [0.3, 0.4) is 0 Å². The number of hydrogen-bond donors (Lipinski definition) is 2. The van der Waals surface area contributed by atoms with Crippen LogP contribution in [0.15, 0.2) is 16.3 Å². The molecule has 1 aliphatic heterocycles. The van der Waals surface area contributed by atoms with Crippen molar-refractivity contribution in [3.63, 3.8) is 0 Å². The Balaban J connectivity index is 0.00000288. The van der Waals surface area contributed by atoms with Crippen molar-refractivity contribution in [1.82, 2.24) is 9.62 Å². The van der Waals surface area contributed by atoms with Gasteiger partial charge in [-0.25, -0.2) is 8.42 Å². The van der Waals surface area contributed by atoms with E-state index in [-0.39, 0.29) is 22.5 Å². The second-order valence-electron chi connectivity index (χ2n) is 6.75. The van der Waals surface area contributed by atoms with Gasteiger partial charge in [-0.1, -0.05) is 6.92 Å². The Morgan fingerprint density at radius 2 is 1.96 bits per heavy atom. The molecule has 0 spiro atoms. The average Bonchev–Trinajstić information content (AvgIpc) is 2.98. The lowest BCUT2D eigenvalue weighted by atomic mass is 10.0.